The van der Waals surface area contributed by atoms with Gasteiger partial charge in [-0.1, -0.05) is 22.0 Å². The number of aryl methyl sites for hydroxylation is 2. The lowest BCUT2D eigenvalue weighted by molar-refractivity contribution is -0.123. The Balaban J connectivity index is 1.86. The van der Waals surface area contributed by atoms with E-state index < -0.39 is 5.91 Å². The molecule has 2 rings (SSSR count). The molecule has 2 aromatic rings. The quantitative estimate of drug-likeness (QED) is 0.374. The van der Waals surface area contributed by atoms with Crippen LogP contribution in [0.1, 0.15) is 24.5 Å². The molecule has 0 spiro atoms. The molecule has 0 saturated heterocycles. The summed E-state index contributed by atoms with van der Waals surface area (Å²) in [5.41, 5.74) is 5.41. The van der Waals surface area contributed by atoms with Crippen LogP contribution in [-0.4, -0.2) is 31.2 Å². The van der Waals surface area contributed by atoms with Gasteiger partial charge in [-0.2, -0.15) is 5.10 Å². The number of methoxy groups -OCH3 is 1. The molecule has 0 heterocycles. The summed E-state index contributed by atoms with van der Waals surface area (Å²) >= 11 is 6.83. The predicted octanol–water partition coefficient (Wildman–Crippen LogP) is 4.74. The van der Waals surface area contributed by atoms with Gasteiger partial charge in [0.15, 0.2) is 6.61 Å². The lowest BCUT2D eigenvalue weighted by Gasteiger charge is -2.11. The van der Waals surface area contributed by atoms with Gasteiger partial charge in [-0.15, -0.1) is 0 Å². The van der Waals surface area contributed by atoms with Crippen LogP contribution in [0.2, 0.25) is 0 Å². The van der Waals surface area contributed by atoms with Gasteiger partial charge in [0.25, 0.3) is 5.91 Å². The number of benzene rings is 2. The van der Waals surface area contributed by atoms with Crippen LogP contribution in [0, 0.1) is 13.8 Å². The van der Waals surface area contributed by atoms with Crippen LogP contribution in [-0.2, 0) is 9.59 Å². The molecule has 0 aliphatic rings. The Kier molecular flexibility index (Phi) is 8.86. The fraction of sp³-hybridized carbons (Fsp3) is 0.286. The molecule has 2 amide bonds. The van der Waals surface area contributed by atoms with Gasteiger partial charge >= 0.3 is 0 Å². The fourth-order valence-electron chi connectivity index (χ4n) is 2.46. The Bertz CT molecular complexity index is 977. The third-order valence-corrected chi connectivity index (χ3v) is 5.46. The number of nitrogens with one attached hydrogen (secondary N) is 2. The zero-order valence-electron chi connectivity index (χ0n) is 17.1. The number of hydrogen-bond acceptors (Lipinski definition) is 5. The first kappa shape index (κ1) is 23.9. The second kappa shape index (κ2) is 11.1. The Labute approximate surface area is 192 Å². The SMILES string of the molecule is COc1ccc(C)cc1NC(=O)C/C(C)=N/NC(=O)COc1cc(C)c(Br)cc1Br. The minimum absolute atomic E-state index is 0.0235. The Morgan fingerprint density at radius 2 is 1.77 bits per heavy atom. The molecule has 0 aromatic heterocycles. The maximum absolute atomic E-state index is 12.3. The van der Waals surface area contributed by atoms with Crippen LogP contribution in [0.15, 0.2) is 44.4 Å². The van der Waals surface area contributed by atoms with E-state index in [4.69, 9.17) is 9.47 Å². The van der Waals surface area contributed by atoms with Crippen LogP contribution in [0.5, 0.6) is 11.5 Å². The van der Waals surface area contributed by atoms with Crippen molar-refractivity contribution in [2.75, 3.05) is 19.0 Å². The molecule has 0 aliphatic carbocycles. The summed E-state index contributed by atoms with van der Waals surface area (Å²) in [6.07, 6.45) is 0.0235. The van der Waals surface area contributed by atoms with E-state index in [9.17, 15) is 9.59 Å². The number of hydrazone groups is 1. The molecule has 9 heteroatoms. The van der Waals surface area contributed by atoms with Crippen LogP contribution in [0.25, 0.3) is 0 Å². The lowest BCUT2D eigenvalue weighted by atomic mass is 10.2. The molecular formula is C21H23Br2N3O4. The molecule has 2 aromatic carbocycles. The standard InChI is InChI=1S/C21H23Br2N3O4/c1-12-5-6-18(29-4)17(7-12)24-20(27)9-14(3)25-26-21(28)11-30-19-8-13(2)15(22)10-16(19)23/h5-8,10H,9,11H2,1-4H3,(H,24,27)(H,26,28)/b25-14+. The topological polar surface area (TPSA) is 89.0 Å². The zero-order valence-corrected chi connectivity index (χ0v) is 20.3. The van der Waals surface area contributed by atoms with Crippen LogP contribution in [0.3, 0.4) is 0 Å². The molecule has 0 aliphatic heterocycles. The Morgan fingerprint density at radius 1 is 1.03 bits per heavy atom. The van der Waals surface area contributed by atoms with Gasteiger partial charge in [0.1, 0.15) is 11.5 Å². The predicted molar refractivity (Wildman–Crippen MR) is 124 cm³/mol. The van der Waals surface area contributed by atoms with E-state index in [1.54, 1.807) is 20.1 Å². The molecule has 2 N–H and O–H groups in total. The molecule has 0 radical (unpaired) electrons. The van der Waals surface area contributed by atoms with E-state index in [1.165, 1.54) is 0 Å². The minimum atomic E-state index is -0.428. The summed E-state index contributed by atoms with van der Waals surface area (Å²) in [7, 11) is 1.54. The van der Waals surface area contributed by atoms with Crippen molar-refractivity contribution in [2.24, 2.45) is 5.10 Å². The summed E-state index contributed by atoms with van der Waals surface area (Å²) in [6, 6.07) is 9.18. The molecule has 160 valence electrons. The first-order valence-electron chi connectivity index (χ1n) is 9.04. The summed E-state index contributed by atoms with van der Waals surface area (Å²) in [4.78, 5) is 24.3. The number of carbonyl (C=O) groups is 2. The highest BCUT2D eigenvalue weighted by Crippen LogP contribution is 2.31. The number of halogens is 2. The number of nitrogens with zero attached hydrogens (tertiary/aromatic N) is 1. The van der Waals surface area contributed by atoms with Crippen molar-refractivity contribution in [1.29, 1.82) is 0 Å². The molecule has 0 fully saturated rings. The van der Waals surface area contributed by atoms with Crippen LogP contribution < -0.4 is 20.2 Å². The molecule has 0 bridgehead atoms. The average Bonchev–Trinajstić information content (AvgIpc) is 2.68. The van der Waals surface area contributed by atoms with Gasteiger partial charge < -0.3 is 14.8 Å². The largest absolute Gasteiger partial charge is 0.495 e. The average molecular weight is 541 g/mol. The molecule has 0 atom stereocenters. The molecule has 30 heavy (non-hydrogen) atoms. The van der Waals surface area contributed by atoms with Crippen molar-refractivity contribution in [3.8, 4) is 11.5 Å². The second-order valence-electron chi connectivity index (χ2n) is 6.63. The van der Waals surface area contributed by atoms with E-state index in [0.29, 0.717) is 22.9 Å². The summed E-state index contributed by atoms with van der Waals surface area (Å²) < 4.78 is 12.4. The van der Waals surface area contributed by atoms with Gasteiger partial charge in [0, 0.05) is 10.2 Å². The van der Waals surface area contributed by atoms with Gasteiger partial charge in [0.05, 0.1) is 23.7 Å². The van der Waals surface area contributed by atoms with E-state index in [2.05, 4.69) is 47.7 Å². The third-order valence-electron chi connectivity index (χ3n) is 3.99. The fourth-order valence-corrected chi connectivity index (χ4v) is 3.57. The van der Waals surface area contributed by atoms with E-state index in [-0.39, 0.29) is 18.9 Å². The highest BCUT2D eigenvalue weighted by Gasteiger charge is 2.11. The normalized spacial score (nSPS) is 11.1. The minimum Gasteiger partial charge on any atom is -0.495 e. The van der Waals surface area contributed by atoms with Crippen molar-refractivity contribution < 1.29 is 19.1 Å². The number of ether oxygens (including phenoxy) is 2. The Morgan fingerprint density at radius 3 is 2.47 bits per heavy atom. The summed E-state index contributed by atoms with van der Waals surface area (Å²) in [6.45, 7) is 5.30. The maximum Gasteiger partial charge on any atom is 0.277 e. The van der Waals surface area contributed by atoms with E-state index >= 15 is 0 Å². The summed E-state index contributed by atoms with van der Waals surface area (Å²) in [5, 5.41) is 6.75. The second-order valence-corrected chi connectivity index (χ2v) is 8.34. The third kappa shape index (κ3) is 7.14. The van der Waals surface area contributed by atoms with Gasteiger partial charge in [-0.05, 0) is 72.1 Å². The van der Waals surface area contributed by atoms with Crippen LogP contribution >= 0.6 is 31.9 Å². The van der Waals surface area contributed by atoms with Gasteiger partial charge in [-0.3, -0.25) is 9.59 Å². The molecule has 7 nitrogen and oxygen atoms in total. The lowest BCUT2D eigenvalue weighted by Crippen LogP contribution is -2.26. The smallest absolute Gasteiger partial charge is 0.277 e. The first-order chi connectivity index (χ1) is 14.2. The van der Waals surface area contributed by atoms with Crippen molar-refractivity contribution in [1.82, 2.24) is 5.43 Å². The highest BCUT2D eigenvalue weighted by molar-refractivity contribution is 9.11. The Hall–Kier alpha value is -2.39. The van der Waals surface area contributed by atoms with Crippen LogP contribution in [0.4, 0.5) is 5.69 Å². The number of amides is 2. The number of rotatable bonds is 8. The van der Waals surface area contributed by atoms with Crippen molar-refractivity contribution >= 4 is 55.1 Å². The number of hydrogen-bond donors (Lipinski definition) is 2. The monoisotopic (exact) mass is 539 g/mol. The van der Waals surface area contributed by atoms with E-state index in [0.717, 1.165) is 20.1 Å². The van der Waals surface area contributed by atoms with Gasteiger partial charge in [-0.25, -0.2) is 5.43 Å². The van der Waals surface area contributed by atoms with Gasteiger partial charge in [0.2, 0.25) is 5.91 Å². The van der Waals surface area contributed by atoms with E-state index in [1.807, 2.05) is 38.1 Å². The number of carbonyl (C=O) groups excluding carboxylic acids is 2. The van der Waals surface area contributed by atoms with Crippen molar-refractivity contribution in [2.45, 2.75) is 27.2 Å². The maximum atomic E-state index is 12.3. The zero-order chi connectivity index (χ0) is 22.3. The van der Waals surface area contributed by atoms with Crippen molar-refractivity contribution in [3.05, 3.63) is 50.4 Å². The molecule has 0 unspecified atom stereocenters. The highest BCUT2D eigenvalue weighted by atomic mass is 79.9. The molecule has 0 saturated carbocycles. The number of anilines is 1. The summed E-state index contributed by atoms with van der Waals surface area (Å²) in [5.74, 6) is 0.434. The first-order valence-corrected chi connectivity index (χ1v) is 10.6. The molecular weight excluding hydrogens is 518 g/mol. The van der Waals surface area contributed by atoms with Crippen molar-refractivity contribution in [3.63, 3.8) is 0 Å².